The molecular weight excluding hydrogens is 295 g/mol. The second-order valence-corrected chi connectivity index (χ2v) is 6.00. The number of hydroxylamine groups is 2. The van der Waals surface area contributed by atoms with Crippen LogP contribution < -0.4 is 4.72 Å². The van der Waals surface area contributed by atoms with Gasteiger partial charge in [0.15, 0.2) is 0 Å². The first-order chi connectivity index (χ1) is 8.86. The molecule has 0 radical (unpaired) electrons. The van der Waals surface area contributed by atoms with Crippen LogP contribution in [0.25, 0.3) is 0 Å². The van der Waals surface area contributed by atoms with Gasteiger partial charge in [0.05, 0.1) is 12.1 Å². The molecule has 0 aliphatic heterocycles. The van der Waals surface area contributed by atoms with Crippen LogP contribution in [0, 0.1) is 5.82 Å². The third kappa shape index (κ3) is 5.04. The smallest absolute Gasteiger partial charge is 0.242 e. The molecule has 5 nitrogen and oxygen atoms in total. The molecular formula is C11H16ClFN2O3S. The summed E-state index contributed by atoms with van der Waals surface area (Å²) in [7, 11) is -0.541. The van der Waals surface area contributed by atoms with Crippen LogP contribution >= 0.6 is 11.6 Å². The molecule has 0 aliphatic carbocycles. The summed E-state index contributed by atoms with van der Waals surface area (Å²) in [5, 5.41) is 1.56. The third-order valence-electron chi connectivity index (χ3n) is 2.44. The van der Waals surface area contributed by atoms with Crippen molar-refractivity contribution in [1.29, 1.82) is 0 Å². The Hall–Kier alpha value is -0.730. The van der Waals surface area contributed by atoms with Gasteiger partial charge in [0.2, 0.25) is 10.0 Å². The zero-order valence-electron chi connectivity index (χ0n) is 10.7. The van der Waals surface area contributed by atoms with E-state index in [9.17, 15) is 12.8 Å². The molecule has 0 spiro atoms. The predicted octanol–water partition coefficient (Wildman–Crippen LogP) is 1.64. The van der Waals surface area contributed by atoms with E-state index in [0.717, 1.165) is 12.1 Å². The van der Waals surface area contributed by atoms with Crippen LogP contribution in [-0.4, -0.2) is 40.7 Å². The number of benzene rings is 1. The van der Waals surface area contributed by atoms with Crippen LogP contribution in [0.2, 0.25) is 5.02 Å². The molecule has 0 atom stereocenters. The number of hydrogen-bond donors (Lipinski definition) is 1. The van der Waals surface area contributed by atoms with Gasteiger partial charge in [-0.25, -0.2) is 17.5 Å². The number of hydrogen-bond acceptors (Lipinski definition) is 4. The minimum absolute atomic E-state index is 0.0112. The minimum Gasteiger partial charge on any atom is -0.303 e. The first-order valence-corrected chi connectivity index (χ1v) is 7.43. The van der Waals surface area contributed by atoms with Gasteiger partial charge in [-0.3, -0.25) is 0 Å². The summed E-state index contributed by atoms with van der Waals surface area (Å²) in [6, 6.07) is 3.21. The molecule has 0 unspecified atom stereocenters. The summed E-state index contributed by atoms with van der Waals surface area (Å²) >= 11 is 5.75. The quantitative estimate of drug-likeness (QED) is 0.614. The van der Waals surface area contributed by atoms with Gasteiger partial charge in [0, 0.05) is 20.1 Å². The topological polar surface area (TPSA) is 58.6 Å². The number of rotatable bonds is 7. The molecule has 0 saturated carbocycles. The molecule has 19 heavy (non-hydrogen) atoms. The zero-order valence-corrected chi connectivity index (χ0v) is 12.3. The van der Waals surface area contributed by atoms with Gasteiger partial charge in [-0.2, -0.15) is 5.06 Å². The Kier molecular flexibility index (Phi) is 6.15. The van der Waals surface area contributed by atoms with Crippen molar-refractivity contribution in [2.24, 2.45) is 0 Å². The number of nitrogens with zero attached hydrogens (tertiary/aromatic N) is 1. The van der Waals surface area contributed by atoms with E-state index >= 15 is 0 Å². The summed E-state index contributed by atoms with van der Waals surface area (Å²) in [5.41, 5.74) is 0. The highest BCUT2D eigenvalue weighted by Gasteiger charge is 2.18. The molecule has 0 fully saturated rings. The summed E-state index contributed by atoms with van der Waals surface area (Å²) in [4.78, 5) is 4.63. The monoisotopic (exact) mass is 310 g/mol. The lowest BCUT2D eigenvalue weighted by Crippen LogP contribution is -2.28. The standard InChI is InChI=1S/C11H16ClFN2O3S/c1-15(18-2)7-3-6-14-19(16,17)11-8-9(13)4-5-10(11)12/h4-5,8,14H,3,6-7H2,1-2H3. The van der Waals surface area contributed by atoms with Crippen molar-refractivity contribution in [2.75, 3.05) is 27.2 Å². The van der Waals surface area contributed by atoms with E-state index in [1.54, 1.807) is 12.1 Å². The largest absolute Gasteiger partial charge is 0.303 e. The normalized spacial score (nSPS) is 12.1. The van der Waals surface area contributed by atoms with Crippen LogP contribution in [-0.2, 0) is 14.9 Å². The van der Waals surface area contributed by atoms with Gasteiger partial charge in [-0.05, 0) is 24.6 Å². The van der Waals surface area contributed by atoms with E-state index < -0.39 is 15.8 Å². The Labute approximate surface area is 117 Å². The number of halogens is 2. The molecule has 0 bridgehead atoms. The molecule has 1 N–H and O–H groups in total. The van der Waals surface area contributed by atoms with E-state index in [2.05, 4.69) is 4.72 Å². The minimum atomic E-state index is -3.80. The van der Waals surface area contributed by atoms with Crippen LogP contribution in [0.5, 0.6) is 0 Å². The van der Waals surface area contributed by atoms with Crippen LogP contribution in [0.1, 0.15) is 6.42 Å². The van der Waals surface area contributed by atoms with Gasteiger partial charge in [0.25, 0.3) is 0 Å². The summed E-state index contributed by atoms with van der Waals surface area (Å²) in [6.07, 6.45) is 0.552. The highest BCUT2D eigenvalue weighted by atomic mass is 35.5. The van der Waals surface area contributed by atoms with Crippen LogP contribution in [0.3, 0.4) is 0 Å². The zero-order chi connectivity index (χ0) is 14.5. The summed E-state index contributed by atoms with van der Waals surface area (Å²) < 4.78 is 39.2. The molecule has 0 aromatic heterocycles. The number of nitrogens with one attached hydrogen (secondary N) is 1. The number of sulfonamides is 1. The summed E-state index contributed by atoms with van der Waals surface area (Å²) in [6.45, 7) is 0.777. The molecule has 0 saturated heterocycles. The SMILES string of the molecule is CON(C)CCCNS(=O)(=O)c1cc(F)ccc1Cl. The second-order valence-electron chi connectivity index (χ2n) is 3.86. The van der Waals surface area contributed by atoms with Gasteiger partial charge >= 0.3 is 0 Å². The first kappa shape index (κ1) is 16.3. The second kappa shape index (κ2) is 7.16. The highest BCUT2D eigenvalue weighted by Crippen LogP contribution is 2.21. The molecule has 1 rings (SSSR count). The Balaban J connectivity index is 2.64. The molecule has 8 heteroatoms. The average Bonchev–Trinajstić information content (AvgIpc) is 2.37. The van der Waals surface area contributed by atoms with E-state index in [-0.39, 0.29) is 16.5 Å². The fraction of sp³-hybridized carbons (Fsp3) is 0.455. The van der Waals surface area contributed by atoms with Crippen LogP contribution in [0.4, 0.5) is 4.39 Å². The van der Waals surface area contributed by atoms with Crippen molar-refractivity contribution < 1.29 is 17.6 Å². The van der Waals surface area contributed by atoms with Crippen molar-refractivity contribution in [2.45, 2.75) is 11.3 Å². The maximum absolute atomic E-state index is 13.0. The lowest BCUT2D eigenvalue weighted by molar-refractivity contribution is -0.109. The van der Waals surface area contributed by atoms with Crippen molar-refractivity contribution in [3.63, 3.8) is 0 Å². The van der Waals surface area contributed by atoms with Gasteiger partial charge in [-0.15, -0.1) is 0 Å². The van der Waals surface area contributed by atoms with Crippen molar-refractivity contribution >= 4 is 21.6 Å². The predicted molar refractivity (Wildman–Crippen MR) is 70.9 cm³/mol. The van der Waals surface area contributed by atoms with E-state index in [1.165, 1.54) is 13.2 Å². The Morgan fingerprint density at radius 3 is 2.79 bits per heavy atom. The summed E-state index contributed by atoms with van der Waals surface area (Å²) in [5.74, 6) is -0.649. The fourth-order valence-electron chi connectivity index (χ4n) is 1.36. The Bertz CT molecular complexity index is 525. The molecule has 1 aromatic rings. The van der Waals surface area contributed by atoms with Gasteiger partial charge in [-0.1, -0.05) is 11.6 Å². The first-order valence-electron chi connectivity index (χ1n) is 5.57. The highest BCUT2D eigenvalue weighted by molar-refractivity contribution is 7.89. The molecule has 0 aliphatic rings. The van der Waals surface area contributed by atoms with E-state index in [4.69, 9.17) is 16.4 Å². The molecule has 108 valence electrons. The Morgan fingerprint density at radius 1 is 1.47 bits per heavy atom. The van der Waals surface area contributed by atoms with Crippen molar-refractivity contribution in [1.82, 2.24) is 9.79 Å². The van der Waals surface area contributed by atoms with Crippen molar-refractivity contribution in [3.05, 3.63) is 29.0 Å². The molecule has 1 aromatic carbocycles. The van der Waals surface area contributed by atoms with E-state index in [1.807, 2.05) is 0 Å². The Morgan fingerprint density at radius 2 is 2.16 bits per heavy atom. The van der Waals surface area contributed by atoms with Crippen LogP contribution in [0.15, 0.2) is 23.1 Å². The van der Waals surface area contributed by atoms with Gasteiger partial charge < -0.3 is 4.84 Å². The van der Waals surface area contributed by atoms with Gasteiger partial charge in [0.1, 0.15) is 10.7 Å². The van der Waals surface area contributed by atoms with E-state index in [0.29, 0.717) is 13.0 Å². The lowest BCUT2D eigenvalue weighted by atomic mass is 10.3. The lowest BCUT2D eigenvalue weighted by Gasteiger charge is -2.13. The molecule has 0 amide bonds. The maximum atomic E-state index is 13.0. The molecule has 0 heterocycles. The van der Waals surface area contributed by atoms with Crippen molar-refractivity contribution in [3.8, 4) is 0 Å². The third-order valence-corrected chi connectivity index (χ3v) is 4.38. The maximum Gasteiger partial charge on any atom is 0.242 e. The average molecular weight is 311 g/mol. The fourth-order valence-corrected chi connectivity index (χ4v) is 2.94.